The summed E-state index contributed by atoms with van der Waals surface area (Å²) in [5.74, 6) is 2.32. The molecule has 10 nitrogen and oxygen atoms in total. The van der Waals surface area contributed by atoms with E-state index in [1.165, 1.54) is 11.1 Å². The van der Waals surface area contributed by atoms with Gasteiger partial charge < -0.3 is 39.6 Å². The third-order valence-electron chi connectivity index (χ3n) is 12.7. The second-order valence-corrected chi connectivity index (χ2v) is 16.4. The maximum Gasteiger partial charge on any atom is 0.161 e. The molecule has 0 amide bonds. The summed E-state index contributed by atoms with van der Waals surface area (Å²) in [5, 5.41) is 41.7. The molecule has 1 aliphatic carbocycles. The summed E-state index contributed by atoms with van der Waals surface area (Å²) in [6.07, 6.45) is 5.85. The first-order valence-electron chi connectivity index (χ1n) is 20.8. The molecule has 0 saturated carbocycles. The Morgan fingerprint density at radius 1 is 0.881 bits per heavy atom. The highest BCUT2D eigenvalue weighted by Gasteiger charge is 2.50. The van der Waals surface area contributed by atoms with E-state index < -0.39 is 11.7 Å². The number of ether oxygens (including phenoxy) is 4. The maximum atomic E-state index is 11.5. The molecular formula is C49H53N3O7. The van der Waals surface area contributed by atoms with Gasteiger partial charge in [-0.25, -0.2) is 0 Å². The Labute approximate surface area is 345 Å². The fourth-order valence-corrected chi connectivity index (χ4v) is 9.88. The molecule has 0 aromatic heterocycles. The predicted molar refractivity (Wildman–Crippen MR) is 227 cm³/mol. The summed E-state index contributed by atoms with van der Waals surface area (Å²) in [7, 11) is 5.39. The van der Waals surface area contributed by atoms with Gasteiger partial charge in [-0.05, 0) is 139 Å². The zero-order chi connectivity index (χ0) is 40.7. The lowest BCUT2D eigenvalue weighted by Crippen LogP contribution is -2.54. The van der Waals surface area contributed by atoms with Crippen molar-refractivity contribution in [2.45, 2.75) is 68.7 Å². The Kier molecular flexibility index (Phi) is 10.8. The van der Waals surface area contributed by atoms with Crippen LogP contribution >= 0.6 is 0 Å². The van der Waals surface area contributed by atoms with Crippen molar-refractivity contribution in [1.29, 1.82) is 0 Å². The number of hydrogen-bond acceptors (Lipinski definition) is 10. The Bertz CT molecular complexity index is 2510. The summed E-state index contributed by atoms with van der Waals surface area (Å²) in [6, 6.07) is 26.4. The van der Waals surface area contributed by atoms with E-state index in [0.29, 0.717) is 50.9 Å². The number of aliphatic hydroxyl groups is 1. The van der Waals surface area contributed by atoms with Gasteiger partial charge in [-0.3, -0.25) is 10.3 Å². The van der Waals surface area contributed by atoms with Gasteiger partial charge in [-0.15, -0.1) is 0 Å². The van der Waals surface area contributed by atoms with Crippen molar-refractivity contribution in [2.24, 2.45) is 4.99 Å². The zero-order valence-corrected chi connectivity index (χ0v) is 34.0. The quantitative estimate of drug-likeness (QED) is 0.0999. The van der Waals surface area contributed by atoms with Crippen LogP contribution in [0.15, 0.2) is 83.9 Å². The number of aliphatic hydroxyl groups excluding tert-OH is 1. The molecule has 59 heavy (non-hydrogen) atoms. The van der Waals surface area contributed by atoms with Crippen molar-refractivity contribution in [3.8, 4) is 39.9 Å². The maximum absolute atomic E-state index is 11.5. The van der Waals surface area contributed by atoms with Gasteiger partial charge in [0, 0.05) is 29.7 Å². The first kappa shape index (κ1) is 39.1. The predicted octanol–water partition coefficient (Wildman–Crippen LogP) is 5.37. The Morgan fingerprint density at radius 2 is 1.75 bits per heavy atom. The summed E-state index contributed by atoms with van der Waals surface area (Å²) >= 11 is 0. The smallest absolute Gasteiger partial charge is 0.161 e. The number of phenolic OH excluding ortho intramolecular Hbond substituents is 2. The molecule has 3 aliphatic heterocycles. The van der Waals surface area contributed by atoms with Crippen molar-refractivity contribution in [3.63, 3.8) is 0 Å². The third-order valence-corrected chi connectivity index (χ3v) is 12.7. The topological polar surface area (TPSA) is 134 Å². The van der Waals surface area contributed by atoms with E-state index in [0.717, 1.165) is 79.4 Å². The number of aryl methyl sites for hydroxylation is 2. The van der Waals surface area contributed by atoms with Gasteiger partial charge in [0.15, 0.2) is 17.6 Å². The van der Waals surface area contributed by atoms with Crippen molar-refractivity contribution in [3.05, 3.63) is 134 Å². The molecule has 5 aromatic carbocycles. The number of nitrogens with zero attached hydrogens (tertiary/aromatic N) is 1. The summed E-state index contributed by atoms with van der Waals surface area (Å²) in [5.41, 5.74) is 9.43. The fourth-order valence-electron chi connectivity index (χ4n) is 9.88. The van der Waals surface area contributed by atoms with Crippen LogP contribution in [0, 0.1) is 0 Å². The second kappa shape index (κ2) is 16.3. The molecule has 4 atom stereocenters. The molecule has 3 heterocycles. The molecule has 0 unspecified atom stereocenters. The van der Waals surface area contributed by atoms with Crippen LogP contribution in [-0.2, 0) is 43.3 Å². The van der Waals surface area contributed by atoms with Crippen LogP contribution < -0.4 is 35.4 Å². The molecular weight excluding hydrogens is 743 g/mol. The molecule has 0 spiro atoms. The Hall–Kier alpha value is -5.39. The lowest BCUT2D eigenvalue weighted by Gasteiger charge is -2.47. The largest absolute Gasteiger partial charge is 0.508 e. The Morgan fingerprint density at radius 3 is 2.54 bits per heavy atom. The first-order chi connectivity index (χ1) is 28.8. The van der Waals surface area contributed by atoms with E-state index in [4.69, 9.17) is 18.9 Å². The minimum absolute atomic E-state index is 0.0450. The minimum atomic E-state index is -0.890. The number of rotatable bonds is 13. The van der Waals surface area contributed by atoms with E-state index in [1.807, 2.05) is 56.6 Å². The highest BCUT2D eigenvalue weighted by molar-refractivity contribution is 5.85. The molecule has 5 aromatic rings. The average Bonchev–Trinajstić information content (AvgIpc) is 3.74. The molecule has 9 rings (SSSR count). The highest BCUT2D eigenvalue weighted by atomic mass is 16.6. The van der Waals surface area contributed by atoms with Crippen LogP contribution in [-0.4, -0.2) is 74.7 Å². The van der Waals surface area contributed by atoms with Crippen LogP contribution in [0.4, 0.5) is 0 Å². The van der Waals surface area contributed by atoms with Crippen LogP contribution in [0.25, 0.3) is 17.2 Å². The van der Waals surface area contributed by atoms with E-state index in [2.05, 4.69) is 52.0 Å². The van der Waals surface area contributed by atoms with E-state index in [1.54, 1.807) is 13.2 Å². The number of fused-ring (bicyclic) bond motifs is 9. The van der Waals surface area contributed by atoms with Crippen LogP contribution in [0.5, 0.6) is 28.7 Å². The zero-order valence-electron chi connectivity index (χ0n) is 34.0. The lowest BCUT2D eigenvalue weighted by atomic mass is 9.70. The van der Waals surface area contributed by atoms with Crippen molar-refractivity contribution < 1.29 is 34.3 Å². The number of benzene rings is 5. The number of hydrogen-bond donors (Lipinski definition) is 5. The number of methoxy groups -OCH3 is 1. The monoisotopic (exact) mass is 795 g/mol. The van der Waals surface area contributed by atoms with E-state index in [-0.39, 0.29) is 36.9 Å². The number of nitrogens with one attached hydrogen (secondary N) is 2. The van der Waals surface area contributed by atoms with Crippen LogP contribution in [0.3, 0.4) is 0 Å². The number of phenols is 2. The van der Waals surface area contributed by atoms with Gasteiger partial charge >= 0.3 is 0 Å². The van der Waals surface area contributed by atoms with Gasteiger partial charge in [0.1, 0.15) is 29.0 Å². The number of aromatic hydroxyl groups is 2. The Balaban J connectivity index is 1.22. The van der Waals surface area contributed by atoms with Gasteiger partial charge in [0.25, 0.3) is 0 Å². The van der Waals surface area contributed by atoms with Crippen LogP contribution in [0.1, 0.15) is 63.0 Å². The van der Waals surface area contributed by atoms with Crippen LogP contribution in [0.2, 0.25) is 0 Å². The molecule has 306 valence electrons. The van der Waals surface area contributed by atoms with Gasteiger partial charge in [-0.1, -0.05) is 48.5 Å². The SMILES string of the molecule is CNCO[C@]1(CNC)Cc2c3c(c4c(c2O[C@@H]1c1cc(CCc2ccccc2)c(O)c(OC)c1)CC[C@@H](CO)O4)-c1ccc(O)cc1[C@H](Cc1ccc2c(c1)=CCN=2)C3. The fraction of sp³-hybridized carbons (Fsp3) is 0.367. The van der Waals surface area contributed by atoms with Crippen molar-refractivity contribution in [1.82, 2.24) is 10.6 Å². The summed E-state index contributed by atoms with van der Waals surface area (Å²) in [6.45, 7) is 1.37. The normalized spacial score (nSPS) is 21.1. The number of likely N-dealkylation sites (N-methyl/N-ethyl adjacent to an activating group) is 1. The second-order valence-electron chi connectivity index (χ2n) is 16.4. The molecule has 0 radical (unpaired) electrons. The molecule has 0 saturated heterocycles. The standard InChI is InChI=1S/C49H53N3O7/c1-50-27-49(57-28-51-2)25-41-40-22-33(20-30-10-16-42-31(19-30)17-18-52-42)39-24-35(54)12-14-37(39)44(40)47-38(15-13-36(26-53)58-47)46(41)59-48(49)34-21-32(45(55)43(23-34)56-3)11-9-29-7-5-4-6-8-29/h4-8,10,12,14,16-17,19,21,23-24,33,36,48,50-51,53-55H,9,11,13,15,18,20,22,25-28H2,1-3H3/t33-,36+,48-,49+/m1/s1. The minimum Gasteiger partial charge on any atom is -0.508 e. The summed E-state index contributed by atoms with van der Waals surface area (Å²) in [4.78, 5) is 4.61. The average molecular weight is 796 g/mol. The lowest BCUT2D eigenvalue weighted by molar-refractivity contribution is -0.128. The van der Waals surface area contributed by atoms with E-state index >= 15 is 0 Å². The molecule has 0 fully saturated rings. The van der Waals surface area contributed by atoms with Gasteiger partial charge in [-0.2, -0.15) is 0 Å². The molecule has 0 bridgehead atoms. The van der Waals surface area contributed by atoms with Crippen molar-refractivity contribution >= 4 is 6.08 Å². The highest BCUT2D eigenvalue weighted by Crippen LogP contribution is 2.57. The molecule has 10 heteroatoms. The van der Waals surface area contributed by atoms with Gasteiger partial charge in [0.2, 0.25) is 0 Å². The third kappa shape index (κ3) is 7.22. The summed E-state index contributed by atoms with van der Waals surface area (Å²) < 4.78 is 27.0. The van der Waals surface area contributed by atoms with Crippen molar-refractivity contribution in [2.75, 3.05) is 47.6 Å². The van der Waals surface area contributed by atoms with Gasteiger partial charge in [0.05, 0.1) is 32.3 Å². The molecule has 4 aliphatic rings. The molecule has 5 N–H and O–H groups in total. The van der Waals surface area contributed by atoms with E-state index in [9.17, 15) is 15.3 Å². The first-order valence-corrected chi connectivity index (χ1v) is 20.8.